The van der Waals surface area contributed by atoms with Gasteiger partial charge in [0.15, 0.2) is 12.7 Å². The van der Waals surface area contributed by atoms with Crippen molar-refractivity contribution in [2.24, 2.45) is 5.73 Å². The lowest BCUT2D eigenvalue weighted by molar-refractivity contribution is -0.694. The summed E-state index contributed by atoms with van der Waals surface area (Å²) in [5.74, 6) is 2.09. The van der Waals surface area contributed by atoms with Gasteiger partial charge in [-0.3, -0.25) is 0 Å². The third kappa shape index (κ3) is 6.23. The quantitative estimate of drug-likeness (QED) is 0.421. The van der Waals surface area contributed by atoms with E-state index in [1.165, 1.54) is 16.9 Å². The summed E-state index contributed by atoms with van der Waals surface area (Å²) in [5, 5.41) is 0. The molecule has 0 atom stereocenters. The molecule has 5 heteroatoms. The molecule has 1 aromatic carbocycles. The summed E-state index contributed by atoms with van der Waals surface area (Å²) < 4.78 is 2.29. The Kier molecular flexibility index (Phi) is 8.22. The molecule has 2 N–H and O–H groups in total. The number of anilines is 1. The van der Waals surface area contributed by atoms with Crippen LogP contribution in [0.5, 0.6) is 0 Å². The van der Waals surface area contributed by atoms with Crippen LogP contribution < -0.4 is 15.2 Å². The van der Waals surface area contributed by atoms with Crippen LogP contribution in [0.3, 0.4) is 0 Å². The maximum Gasteiger partial charge on any atom is 0.205 e. The van der Waals surface area contributed by atoms with E-state index < -0.39 is 0 Å². The summed E-state index contributed by atoms with van der Waals surface area (Å²) >= 11 is 0. The first-order valence-corrected chi connectivity index (χ1v) is 10.6. The summed E-state index contributed by atoms with van der Waals surface area (Å²) in [6.45, 7) is 1.75. The molecule has 1 heterocycles. The molecule has 2 rings (SSSR count). The van der Waals surface area contributed by atoms with Crippen molar-refractivity contribution in [3.8, 4) is 0 Å². The Labute approximate surface area is 153 Å². The zero-order chi connectivity index (χ0) is 17.2. The highest BCUT2D eigenvalue weighted by Crippen LogP contribution is 2.19. The van der Waals surface area contributed by atoms with E-state index >= 15 is 0 Å². The Morgan fingerprint density at radius 3 is 2.46 bits per heavy atom. The minimum atomic E-state index is 0.747. The molecule has 3 nitrogen and oxygen atoms in total. The van der Waals surface area contributed by atoms with Gasteiger partial charge in [0.2, 0.25) is 5.69 Å². The van der Waals surface area contributed by atoms with Crippen LogP contribution >= 0.6 is 21.6 Å². The minimum absolute atomic E-state index is 0.747. The molecule has 0 aliphatic heterocycles. The number of nitrogens with zero attached hydrogens (tertiary/aromatic N) is 2. The lowest BCUT2D eigenvalue weighted by Gasteiger charge is -2.11. The van der Waals surface area contributed by atoms with Crippen molar-refractivity contribution in [3.63, 3.8) is 0 Å². The monoisotopic (exact) mass is 360 g/mol. The van der Waals surface area contributed by atoms with Crippen molar-refractivity contribution in [2.45, 2.75) is 6.54 Å². The normalized spacial score (nSPS) is 11.1. The van der Waals surface area contributed by atoms with Gasteiger partial charge < -0.3 is 10.6 Å². The van der Waals surface area contributed by atoms with Crippen LogP contribution in [0.15, 0.2) is 48.7 Å². The first-order chi connectivity index (χ1) is 11.7. The molecule has 24 heavy (non-hydrogen) atoms. The van der Waals surface area contributed by atoms with Gasteiger partial charge in [0.1, 0.15) is 0 Å². The second kappa shape index (κ2) is 10.4. The summed E-state index contributed by atoms with van der Waals surface area (Å²) in [6.07, 6.45) is 6.49. The first-order valence-electron chi connectivity index (χ1n) is 8.09. The summed E-state index contributed by atoms with van der Waals surface area (Å²) in [5.41, 5.74) is 9.16. The maximum absolute atomic E-state index is 5.52. The molecular formula is C19H26N3S2+. The highest BCUT2D eigenvalue weighted by molar-refractivity contribution is 8.76. The predicted octanol–water partition coefficient (Wildman–Crippen LogP) is 3.55. The van der Waals surface area contributed by atoms with Gasteiger partial charge in [-0.15, -0.1) is 0 Å². The van der Waals surface area contributed by atoms with E-state index in [1.807, 2.05) is 21.6 Å². The maximum atomic E-state index is 5.52. The van der Waals surface area contributed by atoms with E-state index in [0.717, 1.165) is 24.6 Å². The average Bonchev–Trinajstić information content (AvgIpc) is 2.61. The number of hydrogen-bond acceptors (Lipinski definition) is 4. The smallest absolute Gasteiger partial charge is 0.205 e. The highest BCUT2D eigenvalue weighted by atomic mass is 33.1. The summed E-state index contributed by atoms with van der Waals surface area (Å²) in [7, 11) is 7.85. The van der Waals surface area contributed by atoms with Gasteiger partial charge in [0.25, 0.3) is 0 Å². The zero-order valence-corrected chi connectivity index (χ0v) is 16.0. The molecule has 0 amide bonds. The second-order valence-electron chi connectivity index (χ2n) is 5.57. The number of rotatable bonds is 9. The number of nitrogens with two attached hydrogens (primary N) is 1. The number of benzene rings is 1. The molecule has 0 bridgehead atoms. The molecule has 2 aromatic rings. The Morgan fingerprint density at radius 1 is 1.00 bits per heavy atom. The Hall–Kier alpha value is -1.43. The average molecular weight is 361 g/mol. The summed E-state index contributed by atoms with van der Waals surface area (Å²) in [4.78, 5) is 2.11. The molecule has 128 valence electrons. The first kappa shape index (κ1) is 18.9. The van der Waals surface area contributed by atoms with Crippen molar-refractivity contribution in [3.05, 3.63) is 59.9 Å². The molecule has 0 unspecified atom stereocenters. The van der Waals surface area contributed by atoms with Crippen molar-refractivity contribution >= 4 is 39.4 Å². The Morgan fingerprint density at radius 2 is 1.75 bits per heavy atom. The van der Waals surface area contributed by atoms with Gasteiger partial charge in [-0.05, 0) is 29.8 Å². The van der Waals surface area contributed by atoms with E-state index in [4.69, 9.17) is 5.73 Å². The molecule has 0 aliphatic rings. The molecule has 1 aromatic heterocycles. The number of hydrogen-bond donors (Lipinski definition) is 1. The number of pyridine rings is 1. The minimum Gasteiger partial charge on any atom is -0.378 e. The van der Waals surface area contributed by atoms with Gasteiger partial charge in [0.05, 0.1) is 5.75 Å². The summed E-state index contributed by atoms with van der Waals surface area (Å²) in [6, 6.07) is 14.9. The molecule has 0 aliphatic carbocycles. The van der Waals surface area contributed by atoms with Crippen molar-refractivity contribution in [2.75, 3.05) is 37.0 Å². The van der Waals surface area contributed by atoms with Gasteiger partial charge in [-0.1, -0.05) is 33.7 Å². The standard InChI is InChI=1S/C19H26N3S2/c1-21(2)18-9-6-17(7-10-18)8-11-19-5-3-4-13-22(19)14-16-24-23-15-12-20/h3-11,13H,12,14-16,20H2,1-2H3/q+1. The van der Waals surface area contributed by atoms with E-state index in [0.29, 0.717) is 0 Å². The Bertz CT molecular complexity index is 639. The van der Waals surface area contributed by atoms with Gasteiger partial charge >= 0.3 is 0 Å². The fraction of sp³-hybridized carbons (Fsp3) is 0.316. The van der Waals surface area contributed by atoms with Crippen LogP contribution in [-0.2, 0) is 6.54 Å². The lowest BCUT2D eigenvalue weighted by Crippen LogP contribution is -2.37. The molecule has 0 saturated carbocycles. The van der Waals surface area contributed by atoms with Gasteiger partial charge in [0, 0.05) is 50.3 Å². The van der Waals surface area contributed by atoms with Crippen molar-refractivity contribution in [1.29, 1.82) is 0 Å². The number of aryl methyl sites for hydroxylation is 1. The van der Waals surface area contributed by atoms with E-state index in [1.54, 1.807) is 0 Å². The van der Waals surface area contributed by atoms with E-state index in [-0.39, 0.29) is 0 Å². The van der Waals surface area contributed by atoms with Crippen molar-refractivity contribution < 1.29 is 4.57 Å². The SMILES string of the molecule is CN(C)c1ccc(C=Cc2cccc[n+]2CCSSCCN)cc1. The van der Waals surface area contributed by atoms with Crippen LogP contribution in [0.25, 0.3) is 12.2 Å². The van der Waals surface area contributed by atoms with Crippen LogP contribution in [0.1, 0.15) is 11.3 Å². The molecule has 0 radical (unpaired) electrons. The predicted molar refractivity (Wildman–Crippen MR) is 110 cm³/mol. The largest absolute Gasteiger partial charge is 0.378 e. The third-order valence-corrected chi connectivity index (χ3v) is 5.95. The van der Waals surface area contributed by atoms with E-state index in [2.05, 4.69) is 84.4 Å². The molecule has 0 spiro atoms. The molecule has 0 saturated heterocycles. The van der Waals surface area contributed by atoms with Gasteiger partial charge in [-0.2, -0.15) is 4.57 Å². The zero-order valence-electron chi connectivity index (χ0n) is 14.4. The second-order valence-corrected chi connectivity index (χ2v) is 8.27. The fourth-order valence-corrected chi connectivity index (χ4v) is 4.03. The third-order valence-electron chi connectivity index (χ3n) is 3.53. The van der Waals surface area contributed by atoms with E-state index in [9.17, 15) is 0 Å². The number of aromatic nitrogens is 1. The Balaban J connectivity index is 1.98. The highest BCUT2D eigenvalue weighted by Gasteiger charge is 2.06. The van der Waals surface area contributed by atoms with Crippen LogP contribution in [0.2, 0.25) is 0 Å². The lowest BCUT2D eigenvalue weighted by atomic mass is 10.1. The molecular weight excluding hydrogens is 334 g/mol. The van der Waals surface area contributed by atoms with Gasteiger partial charge in [-0.25, -0.2) is 0 Å². The van der Waals surface area contributed by atoms with Crippen molar-refractivity contribution in [1.82, 2.24) is 0 Å². The fourth-order valence-electron chi connectivity index (χ4n) is 2.21. The van der Waals surface area contributed by atoms with Crippen LogP contribution in [0, 0.1) is 0 Å². The van der Waals surface area contributed by atoms with Crippen LogP contribution in [0.4, 0.5) is 5.69 Å². The topological polar surface area (TPSA) is 33.1 Å². The van der Waals surface area contributed by atoms with Crippen LogP contribution in [-0.4, -0.2) is 32.1 Å². The molecule has 0 fully saturated rings.